The maximum atomic E-state index is 12.2. The number of carbonyl (C=O) groups is 1. The van der Waals surface area contributed by atoms with Crippen LogP contribution in [0.3, 0.4) is 0 Å². The van der Waals surface area contributed by atoms with Gasteiger partial charge in [-0.25, -0.2) is 4.79 Å². The highest BCUT2D eigenvalue weighted by Gasteiger charge is 2.31. The highest BCUT2D eigenvalue weighted by molar-refractivity contribution is 5.95. The maximum absolute atomic E-state index is 12.2. The Morgan fingerprint density at radius 2 is 2.00 bits per heavy atom. The van der Waals surface area contributed by atoms with E-state index < -0.39 is 17.6 Å². The Hall–Kier alpha value is -2.40. The van der Waals surface area contributed by atoms with Crippen LogP contribution in [0.25, 0.3) is 0 Å². The molecule has 2 aromatic rings. The summed E-state index contributed by atoms with van der Waals surface area (Å²) >= 11 is 0. The molecule has 1 aromatic carbocycles. The van der Waals surface area contributed by atoms with Crippen molar-refractivity contribution in [1.82, 2.24) is 5.32 Å². The third kappa shape index (κ3) is 3.57. The van der Waals surface area contributed by atoms with Crippen molar-refractivity contribution in [3.63, 3.8) is 0 Å². The highest BCUT2D eigenvalue weighted by Crippen LogP contribution is 2.20. The lowest BCUT2D eigenvalue weighted by atomic mass is 9.89. The second kappa shape index (κ2) is 7.01. The molecule has 0 spiro atoms. The lowest BCUT2D eigenvalue weighted by Crippen LogP contribution is -2.51. The van der Waals surface area contributed by atoms with Gasteiger partial charge in [0.1, 0.15) is 11.3 Å². The molecule has 0 aliphatic heterocycles. The van der Waals surface area contributed by atoms with E-state index in [0.29, 0.717) is 24.2 Å². The summed E-state index contributed by atoms with van der Waals surface area (Å²) in [5.41, 5.74) is 1.17. The molecule has 1 aliphatic carbocycles. The van der Waals surface area contributed by atoms with Gasteiger partial charge in [0.25, 0.3) is 5.91 Å². The van der Waals surface area contributed by atoms with Crippen LogP contribution in [0.15, 0.2) is 45.6 Å². The molecule has 0 bridgehead atoms. The molecule has 2 N–H and O–H groups in total. The molecular weight excluding hydrogens is 306 g/mol. The summed E-state index contributed by atoms with van der Waals surface area (Å²) in [6, 6.07) is 11.4. The van der Waals surface area contributed by atoms with Crippen LogP contribution in [0.1, 0.15) is 40.1 Å². The first kappa shape index (κ1) is 16.5. The van der Waals surface area contributed by atoms with Crippen LogP contribution in [0.2, 0.25) is 0 Å². The Labute approximate surface area is 140 Å². The summed E-state index contributed by atoms with van der Waals surface area (Å²) in [6.45, 7) is 1.73. The van der Waals surface area contributed by atoms with E-state index >= 15 is 0 Å². The molecule has 1 aliphatic rings. The Bertz CT molecular complexity index is 782. The molecule has 0 unspecified atom stereocenters. The molecule has 2 atom stereocenters. The molecule has 1 heterocycles. The van der Waals surface area contributed by atoms with Crippen LogP contribution in [-0.4, -0.2) is 23.2 Å². The summed E-state index contributed by atoms with van der Waals surface area (Å²) in [7, 11) is 0. The van der Waals surface area contributed by atoms with E-state index in [1.165, 1.54) is 5.56 Å². The van der Waals surface area contributed by atoms with Crippen LogP contribution in [0, 0.1) is 6.92 Å². The van der Waals surface area contributed by atoms with Gasteiger partial charge in [-0.15, -0.1) is 0 Å². The van der Waals surface area contributed by atoms with E-state index in [9.17, 15) is 14.7 Å². The van der Waals surface area contributed by atoms with Crippen LogP contribution in [0.4, 0.5) is 0 Å². The summed E-state index contributed by atoms with van der Waals surface area (Å²) < 4.78 is 5.31. The fourth-order valence-electron chi connectivity index (χ4n) is 2.87. The first-order chi connectivity index (χ1) is 11.5. The van der Waals surface area contributed by atoms with Crippen molar-refractivity contribution in [1.29, 1.82) is 0 Å². The average molecular weight is 327 g/mol. The molecule has 0 radical (unpaired) electrons. The molecule has 1 fully saturated rings. The average Bonchev–Trinajstić information content (AvgIpc) is 2.57. The van der Waals surface area contributed by atoms with Gasteiger partial charge in [0.05, 0.1) is 12.1 Å². The number of benzene rings is 1. The minimum Gasteiger partial charge on any atom is -0.427 e. The fourth-order valence-corrected chi connectivity index (χ4v) is 2.87. The van der Waals surface area contributed by atoms with E-state index in [4.69, 9.17) is 4.42 Å². The maximum Gasteiger partial charge on any atom is 0.349 e. The zero-order valence-electron chi connectivity index (χ0n) is 13.6. The molecule has 0 saturated heterocycles. The monoisotopic (exact) mass is 327 g/mol. The number of rotatable bonds is 5. The van der Waals surface area contributed by atoms with Gasteiger partial charge in [-0.3, -0.25) is 4.79 Å². The van der Waals surface area contributed by atoms with E-state index in [1.54, 1.807) is 13.0 Å². The van der Waals surface area contributed by atoms with Crippen LogP contribution in [-0.2, 0) is 12.8 Å². The van der Waals surface area contributed by atoms with Gasteiger partial charge in [0, 0.05) is 6.42 Å². The number of carbonyl (C=O) groups excluding carboxylic acids is 1. The third-order valence-corrected chi connectivity index (χ3v) is 4.48. The number of aryl methyl sites for hydroxylation is 3. The molecule has 5 nitrogen and oxygen atoms in total. The zero-order chi connectivity index (χ0) is 17.1. The van der Waals surface area contributed by atoms with Crippen molar-refractivity contribution in [3.05, 3.63) is 69.3 Å². The third-order valence-electron chi connectivity index (χ3n) is 4.48. The lowest BCUT2D eigenvalue weighted by Gasteiger charge is -2.32. The van der Waals surface area contributed by atoms with Crippen LogP contribution < -0.4 is 10.9 Å². The Kier molecular flexibility index (Phi) is 4.81. The Morgan fingerprint density at radius 3 is 2.58 bits per heavy atom. The normalized spacial score (nSPS) is 19.6. The smallest absolute Gasteiger partial charge is 0.349 e. The molecule has 24 heavy (non-hydrogen) atoms. The van der Waals surface area contributed by atoms with Gasteiger partial charge >= 0.3 is 5.63 Å². The number of nitrogens with one attached hydrogen (secondary N) is 1. The van der Waals surface area contributed by atoms with E-state index in [0.717, 1.165) is 12.8 Å². The minimum atomic E-state index is -0.621. The summed E-state index contributed by atoms with van der Waals surface area (Å²) in [5, 5.41) is 12.2. The number of amides is 1. The summed E-state index contributed by atoms with van der Waals surface area (Å²) in [4.78, 5) is 24.4. The van der Waals surface area contributed by atoms with E-state index in [2.05, 4.69) is 5.32 Å². The lowest BCUT2D eigenvalue weighted by molar-refractivity contribution is 0.0445. The van der Waals surface area contributed by atoms with Gasteiger partial charge in [-0.05, 0) is 43.4 Å². The first-order valence-electron chi connectivity index (χ1n) is 8.21. The van der Waals surface area contributed by atoms with Crippen molar-refractivity contribution in [3.8, 4) is 0 Å². The molecule has 1 saturated carbocycles. The Morgan fingerprint density at radius 1 is 1.25 bits per heavy atom. The standard InChI is InChI=1S/C19H21NO4/c1-12-11-14(8-7-13-5-3-2-4-6-13)24-19(23)17(12)18(22)20-15-9-10-16(15)21/h2-6,11,15-16,21H,7-10H2,1H3,(H,20,22)/t15-,16-/m0/s1. The van der Waals surface area contributed by atoms with Crippen LogP contribution in [0.5, 0.6) is 0 Å². The van der Waals surface area contributed by atoms with Crippen molar-refractivity contribution in [2.45, 2.75) is 44.8 Å². The number of aliphatic hydroxyl groups is 1. The number of hydrogen-bond donors (Lipinski definition) is 2. The largest absolute Gasteiger partial charge is 0.427 e. The van der Waals surface area contributed by atoms with Gasteiger partial charge < -0.3 is 14.8 Å². The summed E-state index contributed by atoms with van der Waals surface area (Å²) in [6.07, 6.45) is 2.25. The van der Waals surface area contributed by atoms with Gasteiger partial charge in [-0.1, -0.05) is 30.3 Å². The highest BCUT2D eigenvalue weighted by atomic mass is 16.4. The first-order valence-corrected chi connectivity index (χ1v) is 8.21. The van der Waals surface area contributed by atoms with Gasteiger partial charge in [0.15, 0.2) is 0 Å². The molecule has 5 heteroatoms. The molecular formula is C19H21NO4. The molecule has 126 valence electrons. The minimum absolute atomic E-state index is 0.0255. The molecule has 1 amide bonds. The van der Waals surface area contributed by atoms with E-state index in [-0.39, 0.29) is 11.6 Å². The quantitative estimate of drug-likeness (QED) is 0.880. The SMILES string of the molecule is Cc1cc(CCc2ccccc2)oc(=O)c1C(=O)N[C@H]1CC[C@@H]1O. The van der Waals surface area contributed by atoms with Crippen molar-refractivity contribution in [2.75, 3.05) is 0 Å². The van der Waals surface area contributed by atoms with Gasteiger partial charge in [0.2, 0.25) is 0 Å². The topological polar surface area (TPSA) is 79.5 Å². The van der Waals surface area contributed by atoms with Crippen molar-refractivity contribution >= 4 is 5.91 Å². The number of aliphatic hydroxyl groups excluding tert-OH is 1. The predicted octanol–water partition coefficient (Wildman–Crippen LogP) is 1.99. The summed E-state index contributed by atoms with van der Waals surface area (Å²) in [5.74, 6) is 0.0983. The van der Waals surface area contributed by atoms with Crippen molar-refractivity contribution < 1.29 is 14.3 Å². The second-order valence-corrected chi connectivity index (χ2v) is 6.27. The fraction of sp³-hybridized carbons (Fsp3) is 0.368. The van der Waals surface area contributed by atoms with Crippen LogP contribution >= 0.6 is 0 Å². The van der Waals surface area contributed by atoms with E-state index in [1.807, 2.05) is 30.3 Å². The Balaban J connectivity index is 1.71. The molecule has 1 aromatic heterocycles. The van der Waals surface area contributed by atoms with Crippen molar-refractivity contribution in [2.24, 2.45) is 0 Å². The van der Waals surface area contributed by atoms with Gasteiger partial charge in [-0.2, -0.15) is 0 Å². The number of hydrogen-bond acceptors (Lipinski definition) is 4. The zero-order valence-corrected chi connectivity index (χ0v) is 13.6. The predicted molar refractivity (Wildman–Crippen MR) is 90.1 cm³/mol. The second-order valence-electron chi connectivity index (χ2n) is 6.27. The molecule has 3 rings (SSSR count).